The number of likely N-dealkylation sites (tertiary alicyclic amines) is 1. The number of rotatable bonds is 6. The molecule has 1 rings (SSSR count). The molecule has 3 heteroatoms. The zero-order chi connectivity index (χ0) is 12.5. The number of carbonyl (C=O) groups is 1. The fourth-order valence-corrected chi connectivity index (χ4v) is 2.37. The van der Waals surface area contributed by atoms with Crippen LogP contribution in [0.3, 0.4) is 0 Å². The van der Waals surface area contributed by atoms with E-state index in [2.05, 4.69) is 13.8 Å². The van der Waals surface area contributed by atoms with Crippen LogP contribution in [0.25, 0.3) is 0 Å². The smallest absolute Gasteiger partial charge is 0.410 e. The maximum Gasteiger partial charge on any atom is 0.410 e. The van der Waals surface area contributed by atoms with Gasteiger partial charge in [-0.05, 0) is 32.1 Å². The van der Waals surface area contributed by atoms with E-state index in [1.54, 1.807) is 0 Å². The first kappa shape index (κ1) is 14.3. The fourth-order valence-electron chi connectivity index (χ4n) is 2.37. The number of ether oxygens (including phenoxy) is 1. The van der Waals surface area contributed by atoms with E-state index in [0.29, 0.717) is 12.6 Å². The Kier molecular flexibility index (Phi) is 7.06. The van der Waals surface area contributed by atoms with E-state index in [1.165, 1.54) is 19.3 Å². The van der Waals surface area contributed by atoms with Gasteiger partial charge < -0.3 is 9.64 Å². The van der Waals surface area contributed by atoms with Crippen molar-refractivity contribution in [2.24, 2.45) is 0 Å². The van der Waals surface area contributed by atoms with Gasteiger partial charge in [-0.1, -0.05) is 33.1 Å². The van der Waals surface area contributed by atoms with E-state index < -0.39 is 0 Å². The van der Waals surface area contributed by atoms with Crippen molar-refractivity contribution >= 4 is 6.09 Å². The zero-order valence-electron chi connectivity index (χ0n) is 11.4. The standard InChI is InChI=1S/C14H27NO2/c1-3-5-9-13-10-7-8-11-15(13)14(16)17-12-6-4-2/h13H,3-12H2,1-2H3/t13-/m1/s1. The van der Waals surface area contributed by atoms with E-state index in [9.17, 15) is 4.79 Å². The second-order valence-electron chi connectivity index (χ2n) is 4.95. The molecule has 1 saturated heterocycles. The molecule has 0 unspecified atom stereocenters. The van der Waals surface area contributed by atoms with E-state index in [0.717, 1.165) is 38.6 Å². The highest BCUT2D eigenvalue weighted by Gasteiger charge is 2.26. The molecule has 0 aromatic heterocycles. The molecule has 0 aromatic rings. The highest BCUT2D eigenvalue weighted by molar-refractivity contribution is 5.68. The summed E-state index contributed by atoms with van der Waals surface area (Å²) < 4.78 is 5.32. The second kappa shape index (κ2) is 8.37. The van der Waals surface area contributed by atoms with Crippen molar-refractivity contribution < 1.29 is 9.53 Å². The van der Waals surface area contributed by atoms with Crippen molar-refractivity contribution in [3.05, 3.63) is 0 Å². The lowest BCUT2D eigenvalue weighted by atomic mass is 9.98. The van der Waals surface area contributed by atoms with E-state index >= 15 is 0 Å². The van der Waals surface area contributed by atoms with E-state index in [4.69, 9.17) is 4.74 Å². The molecule has 0 aromatic carbocycles. The van der Waals surface area contributed by atoms with Crippen LogP contribution in [0, 0.1) is 0 Å². The van der Waals surface area contributed by atoms with Crippen LogP contribution in [0.4, 0.5) is 4.79 Å². The lowest BCUT2D eigenvalue weighted by Gasteiger charge is -2.35. The maximum absolute atomic E-state index is 12.0. The van der Waals surface area contributed by atoms with Crippen LogP contribution in [0.5, 0.6) is 0 Å². The molecule has 17 heavy (non-hydrogen) atoms. The van der Waals surface area contributed by atoms with Crippen molar-refractivity contribution in [2.75, 3.05) is 13.2 Å². The number of hydrogen-bond acceptors (Lipinski definition) is 2. The van der Waals surface area contributed by atoms with Crippen molar-refractivity contribution in [3.63, 3.8) is 0 Å². The molecule has 0 radical (unpaired) electrons. The topological polar surface area (TPSA) is 29.5 Å². The molecule has 1 fully saturated rings. The molecule has 100 valence electrons. The van der Waals surface area contributed by atoms with Gasteiger partial charge in [-0.15, -0.1) is 0 Å². The van der Waals surface area contributed by atoms with Gasteiger partial charge in [0.1, 0.15) is 0 Å². The normalized spacial score (nSPS) is 20.4. The van der Waals surface area contributed by atoms with Gasteiger partial charge in [-0.25, -0.2) is 4.79 Å². The largest absolute Gasteiger partial charge is 0.449 e. The summed E-state index contributed by atoms with van der Waals surface area (Å²) in [6.07, 6.45) is 9.06. The summed E-state index contributed by atoms with van der Waals surface area (Å²) in [7, 11) is 0. The van der Waals surface area contributed by atoms with Gasteiger partial charge in [0.15, 0.2) is 0 Å². The van der Waals surface area contributed by atoms with Crippen LogP contribution in [-0.2, 0) is 4.74 Å². The monoisotopic (exact) mass is 241 g/mol. The van der Waals surface area contributed by atoms with Crippen LogP contribution in [0.15, 0.2) is 0 Å². The molecular weight excluding hydrogens is 214 g/mol. The third kappa shape index (κ3) is 4.97. The summed E-state index contributed by atoms with van der Waals surface area (Å²) in [4.78, 5) is 13.9. The molecule has 1 atom stereocenters. The van der Waals surface area contributed by atoms with Crippen LogP contribution < -0.4 is 0 Å². The van der Waals surface area contributed by atoms with Gasteiger partial charge in [-0.2, -0.15) is 0 Å². The molecule has 0 N–H and O–H groups in total. The second-order valence-corrected chi connectivity index (χ2v) is 4.95. The first-order valence-electron chi connectivity index (χ1n) is 7.23. The molecule has 0 aliphatic carbocycles. The predicted octanol–water partition coefficient (Wildman–Crippen LogP) is 3.97. The molecule has 1 heterocycles. The summed E-state index contributed by atoms with van der Waals surface area (Å²) in [5.74, 6) is 0. The molecule has 0 spiro atoms. The third-order valence-electron chi connectivity index (χ3n) is 3.48. The summed E-state index contributed by atoms with van der Waals surface area (Å²) in [6, 6.07) is 0.429. The fraction of sp³-hybridized carbons (Fsp3) is 0.929. The Morgan fingerprint density at radius 3 is 2.71 bits per heavy atom. The maximum atomic E-state index is 12.0. The van der Waals surface area contributed by atoms with Crippen LogP contribution in [-0.4, -0.2) is 30.2 Å². The Morgan fingerprint density at radius 1 is 1.24 bits per heavy atom. The Hall–Kier alpha value is -0.730. The highest BCUT2D eigenvalue weighted by Crippen LogP contribution is 2.22. The van der Waals surface area contributed by atoms with Gasteiger partial charge in [0.05, 0.1) is 6.61 Å². The lowest BCUT2D eigenvalue weighted by Crippen LogP contribution is -2.44. The third-order valence-corrected chi connectivity index (χ3v) is 3.48. The van der Waals surface area contributed by atoms with Gasteiger partial charge in [0, 0.05) is 12.6 Å². The van der Waals surface area contributed by atoms with Gasteiger partial charge in [0.2, 0.25) is 0 Å². The number of amides is 1. The minimum atomic E-state index is -0.0840. The Balaban J connectivity index is 2.37. The zero-order valence-corrected chi connectivity index (χ0v) is 11.4. The van der Waals surface area contributed by atoms with E-state index in [-0.39, 0.29) is 6.09 Å². The molecule has 3 nitrogen and oxygen atoms in total. The first-order chi connectivity index (χ1) is 8.29. The van der Waals surface area contributed by atoms with E-state index in [1.807, 2.05) is 4.90 Å². The van der Waals surface area contributed by atoms with Gasteiger partial charge in [-0.3, -0.25) is 0 Å². The van der Waals surface area contributed by atoms with Crippen LogP contribution in [0.1, 0.15) is 65.2 Å². The van der Waals surface area contributed by atoms with Gasteiger partial charge >= 0.3 is 6.09 Å². The van der Waals surface area contributed by atoms with Crippen molar-refractivity contribution in [1.29, 1.82) is 0 Å². The highest BCUT2D eigenvalue weighted by atomic mass is 16.6. The van der Waals surface area contributed by atoms with Crippen molar-refractivity contribution in [1.82, 2.24) is 4.90 Å². The van der Waals surface area contributed by atoms with Crippen molar-refractivity contribution in [3.8, 4) is 0 Å². The van der Waals surface area contributed by atoms with Crippen LogP contribution >= 0.6 is 0 Å². The number of carbonyl (C=O) groups excluding carboxylic acids is 1. The molecule has 1 aliphatic rings. The average molecular weight is 241 g/mol. The molecular formula is C14H27NO2. The number of nitrogens with zero attached hydrogens (tertiary/aromatic N) is 1. The molecule has 0 saturated carbocycles. The average Bonchev–Trinajstić information content (AvgIpc) is 2.37. The number of hydrogen-bond donors (Lipinski definition) is 0. The summed E-state index contributed by atoms with van der Waals surface area (Å²) in [5.41, 5.74) is 0. The SMILES string of the molecule is CCCCOC(=O)N1CCCC[C@H]1CCCC. The molecule has 1 aliphatic heterocycles. The number of piperidine rings is 1. The lowest BCUT2D eigenvalue weighted by molar-refractivity contribution is 0.0695. The molecule has 0 bridgehead atoms. The predicted molar refractivity (Wildman–Crippen MR) is 70.1 cm³/mol. The Bertz CT molecular complexity index is 218. The Labute approximate surface area is 106 Å². The Morgan fingerprint density at radius 2 is 2.00 bits per heavy atom. The first-order valence-corrected chi connectivity index (χ1v) is 7.23. The quantitative estimate of drug-likeness (QED) is 0.659. The molecule has 1 amide bonds. The summed E-state index contributed by atoms with van der Waals surface area (Å²) in [5, 5.41) is 0. The van der Waals surface area contributed by atoms with Crippen LogP contribution in [0.2, 0.25) is 0 Å². The summed E-state index contributed by atoms with van der Waals surface area (Å²) >= 11 is 0. The minimum absolute atomic E-state index is 0.0840. The van der Waals surface area contributed by atoms with Gasteiger partial charge in [0.25, 0.3) is 0 Å². The van der Waals surface area contributed by atoms with Crippen molar-refractivity contribution in [2.45, 2.75) is 71.3 Å². The summed E-state index contributed by atoms with van der Waals surface area (Å²) in [6.45, 7) is 5.77. The number of unbranched alkanes of at least 4 members (excludes halogenated alkanes) is 2. The minimum Gasteiger partial charge on any atom is -0.449 e.